The van der Waals surface area contributed by atoms with Gasteiger partial charge in [-0.1, -0.05) is 31.3 Å². The van der Waals surface area contributed by atoms with Crippen LogP contribution in [0.3, 0.4) is 0 Å². The molecule has 1 aromatic rings. The molecule has 22 heavy (non-hydrogen) atoms. The van der Waals surface area contributed by atoms with Gasteiger partial charge in [-0.15, -0.1) is 0 Å². The maximum Gasteiger partial charge on any atom is 0.241 e. The summed E-state index contributed by atoms with van der Waals surface area (Å²) in [7, 11) is 0. The molecule has 5 nitrogen and oxygen atoms in total. The number of thiol groups is 1. The van der Waals surface area contributed by atoms with Crippen LogP contribution in [0.1, 0.15) is 25.8 Å². The zero-order valence-electron chi connectivity index (χ0n) is 12.8. The summed E-state index contributed by atoms with van der Waals surface area (Å²) in [5, 5.41) is 2.74. The number of amidine groups is 1. The SMILES string of the molecule is CCC(COP(O)(=S)S)C(=O)NC(C)=Nc1cccc(C)c1. The van der Waals surface area contributed by atoms with Gasteiger partial charge in [-0.25, -0.2) is 4.99 Å². The molecule has 2 unspecified atom stereocenters. The van der Waals surface area contributed by atoms with E-state index in [9.17, 15) is 9.69 Å². The van der Waals surface area contributed by atoms with Crippen molar-refractivity contribution in [3.8, 4) is 0 Å². The van der Waals surface area contributed by atoms with Gasteiger partial charge in [0.05, 0.1) is 18.2 Å². The quantitative estimate of drug-likeness (QED) is 0.315. The molecule has 0 saturated carbocycles. The zero-order valence-corrected chi connectivity index (χ0v) is 15.4. The minimum atomic E-state index is -3.05. The van der Waals surface area contributed by atoms with E-state index in [4.69, 9.17) is 4.52 Å². The third-order valence-corrected chi connectivity index (χ3v) is 4.06. The van der Waals surface area contributed by atoms with Crippen molar-refractivity contribution in [3.63, 3.8) is 0 Å². The van der Waals surface area contributed by atoms with Gasteiger partial charge >= 0.3 is 0 Å². The first-order chi connectivity index (χ1) is 10.2. The molecule has 2 N–H and O–H groups in total. The Labute approximate surface area is 141 Å². The van der Waals surface area contributed by atoms with Crippen LogP contribution in [0.5, 0.6) is 0 Å². The van der Waals surface area contributed by atoms with Gasteiger partial charge in [-0.05, 0) is 49.8 Å². The van der Waals surface area contributed by atoms with Crippen molar-refractivity contribution < 1.29 is 14.2 Å². The molecule has 1 rings (SSSR count). The molecule has 8 heteroatoms. The van der Waals surface area contributed by atoms with Gasteiger partial charge in [-0.2, -0.15) is 0 Å². The number of aliphatic imine (C=N–C) groups is 1. The number of nitrogens with zero attached hydrogens (tertiary/aromatic N) is 1. The predicted molar refractivity (Wildman–Crippen MR) is 97.3 cm³/mol. The monoisotopic (exact) mass is 360 g/mol. The Hall–Kier alpha value is -0.720. The first kappa shape index (κ1) is 19.3. The predicted octanol–water partition coefficient (Wildman–Crippen LogP) is 3.35. The van der Waals surface area contributed by atoms with Crippen LogP contribution in [0.15, 0.2) is 29.3 Å². The average Bonchev–Trinajstić information content (AvgIpc) is 2.37. The summed E-state index contributed by atoms with van der Waals surface area (Å²) in [5.41, 5.74) is -1.17. The maximum absolute atomic E-state index is 12.2. The van der Waals surface area contributed by atoms with Crippen molar-refractivity contribution in [2.24, 2.45) is 10.9 Å². The Kier molecular flexibility index (Phi) is 7.72. The minimum absolute atomic E-state index is 0.0390. The third kappa shape index (κ3) is 7.51. The average molecular weight is 360 g/mol. The maximum atomic E-state index is 12.2. The van der Waals surface area contributed by atoms with Gasteiger partial charge in [0, 0.05) is 0 Å². The molecule has 0 fully saturated rings. The number of hydrogen-bond acceptors (Lipinski definition) is 4. The van der Waals surface area contributed by atoms with Crippen molar-refractivity contribution in [2.45, 2.75) is 27.2 Å². The van der Waals surface area contributed by atoms with Crippen molar-refractivity contribution >= 4 is 47.2 Å². The van der Waals surface area contributed by atoms with Crippen LogP contribution in [-0.4, -0.2) is 23.2 Å². The Balaban J connectivity index is 2.67. The fraction of sp³-hybridized carbons (Fsp3) is 0.429. The highest BCUT2D eigenvalue weighted by Crippen LogP contribution is 2.47. The van der Waals surface area contributed by atoms with E-state index in [1.807, 2.05) is 38.1 Å². The van der Waals surface area contributed by atoms with Crippen molar-refractivity contribution in [1.29, 1.82) is 0 Å². The van der Waals surface area contributed by atoms with E-state index in [1.54, 1.807) is 6.92 Å². The molecule has 1 aromatic carbocycles. The topological polar surface area (TPSA) is 70.9 Å². The highest BCUT2D eigenvalue weighted by molar-refractivity contribution is 8.59. The van der Waals surface area contributed by atoms with Gasteiger partial charge in [0.25, 0.3) is 0 Å². The first-order valence-corrected chi connectivity index (χ1v) is 10.7. The normalized spacial score (nSPS) is 16.0. The summed E-state index contributed by atoms with van der Waals surface area (Å²) in [5.74, 6) is -0.124. The number of carbonyl (C=O) groups excluding carboxylic acids is 1. The van der Waals surface area contributed by atoms with Crippen LogP contribution in [0.25, 0.3) is 0 Å². The van der Waals surface area contributed by atoms with Gasteiger partial charge in [-0.3, -0.25) is 4.79 Å². The molecular formula is C14H21N2O3PS2. The summed E-state index contributed by atoms with van der Waals surface area (Å²) >= 11 is 8.46. The smallest absolute Gasteiger partial charge is 0.241 e. The van der Waals surface area contributed by atoms with Crippen molar-refractivity contribution in [2.75, 3.05) is 6.61 Å². The second-order valence-corrected chi connectivity index (χ2v) is 10.1. The first-order valence-electron chi connectivity index (χ1n) is 6.84. The molecular weight excluding hydrogens is 339 g/mol. The Morgan fingerprint density at radius 3 is 2.82 bits per heavy atom. The zero-order chi connectivity index (χ0) is 16.8. The fourth-order valence-corrected chi connectivity index (χ4v) is 2.52. The van der Waals surface area contributed by atoms with Crippen LogP contribution in [0.4, 0.5) is 5.69 Å². The second-order valence-electron chi connectivity index (χ2n) is 4.92. The number of benzene rings is 1. The number of carbonyl (C=O) groups is 1. The molecule has 0 spiro atoms. The highest BCUT2D eigenvalue weighted by atomic mass is 32.9. The molecule has 0 radical (unpaired) electrons. The number of amides is 1. The molecule has 0 aliphatic rings. The van der Waals surface area contributed by atoms with E-state index in [2.05, 4.69) is 34.4 Å². The Bertz CT molecular complexity index is 602. The summed E-state index contributed by atoms with van der Waals surface area (Å²) in [6.07, 6.45) is 0.562. The minimum Gasteiger partial charge on any atom is -0.338 e. The van der Waals surface area contributed by atoms with Crippen LogP contribution in [0, 0.1) is 12.8 Å². The van der Waals surface area contributed by atoms with Crippen LogP contribution in [-0.2, 0) is 21.1 Å². The number of rotatable bonds is 6. The molecule has 2 atom stereocenters. The van der Waals surface area contributed by atoms with E-state index >= 15 is 0 Å². The van der Waals surface area contributed by atoms with Gasteiger partial charge < -0.3 is 14.7 Å². The van der Waals surface area contributed by atoms with Gasteiger partial charge in [0.2, 0.25) is 11.6 Å². The molecule has 1 amide bonds. The van der Waals surface area contributed by atoms with E-state index in [1.165, 1.54) is 0 Å². The Morgan fingerprint density at radius 2 is 2.27 bits per heavy atom. The van der Waals surface area contributed by atoms with Crippen molar-refractivity contribution in [1.82, 2.24) is 5.32 Å². The molecule has 0 aliphatic carbocycles. The summed E-state index contributed by atoms with van der Waals surface area (Å²) in [4.78, 5) is 25.9. The second kappa shape index (κ2) is 8.79. The molecule has 0 saturated heterocycles. The largest absolute Gasteiger partial charge is 0.338 e. The van der Waals surface area contributed by atoms with Crippen molar-refractivity contribution in [3.05, 3.63) is 29.8 Å². The van der Waals surface area contributed by atoms with Crippen LogP contribution < -0.4 is 5.32 Å². The summed E-state index contributed by atoms with van der Waals surface area (Å²) in [6, 6.07) is 7.69. The fourth-order valence-electron chi connectivity index (χ4n) is 1.77. The van der Waals surface area contributed by atoms with E-state index in [-0.39, 0.29) is 12.5 Å². The van der Waals surface area contributed by atoms with E-state index in [0.29, 0.717) is 12.3 Å². The third-order valence-electron chi connectivity index (χ3n) is 2.91. The molecule has 0 bridgehead atoms. The molecule has 0 aliphatic heterocycles. The molecule has 122 valence electrons. The number of aryl methyl sites for hydroxylation is 1. The van der Waals surface area contributed by atoms with Gasteiger partial charge in [0.15, 0.2) is 0 Å². The standard InChI is InChI=1S/C14H21N2O3PS2/c1-4-12(9-19-20(18,21)22)14(17)16-11(3)15-13-7-5-6-10(2)8-13/h5-8,12H,4,9H2,1-3H3,(H,15,16,17)(H2,18,21,22). The summed E-state index contributed by atoms with van der Waals surface area (Å²) in [6.45, 7) is 5.61. The number of nitrogens with one attached hydrogen (secondary N) is 1. The van der Waals surface area contributed by atoms with Crippen LogP contribution >= 0.6 is 17.9 Å². The van der Waals surface area contributed by atoms with Crippen LogP contribution in [0.2, 0.25) is 0 Å². The molecule has 0 aromatic heterocycles. The summed E-state index contributed by atoms with van der Waals surface area (Å²) < 4.78 is 5.06. The lowest BCUT2D eigenvalue weighted by molar-refractivity contribution is -0.124. The van der Waals surface area contributed by atoms with Gasteiger partial charge in [0.1, 0.15) is 5.84 Å². The van der Waals surface area contributed by atoms with E-state index < -0.39 is 11.6 Å². The number of hydrogen-bond donors (Lipinski definition) is 3. The van der Waals surface area contributed by atoms with E-state index in [0.717, 1.165) is 11.3 Å². The lowest BCUT2D eigenvalue weighted by atomic mass is 10.1. The lowest BCUT2D eigenvalue weighted by Crippen LogP contribution is -2.35. The highest BCUT2D eigenvalue weighted by Gasteiger charge is 2.20. The lowest BCUT2D eigenvalue weighted by Gasteiger charge is -2.17. The molecule has 0 heterocycles. The Morgan fingerprint density at radius 1 is 1.59 bits per heavy atom.